The third-order valence-corrected chi connectivity index (χ3v) is 15.2. The molecule has 2 aliphatic carbocycles. The van der Waals surface area contributed by atoms with Crippen LogP contribution in [-0.2, 0) is 29.1 Å². The molecule has 5 aliphatic rings. The van der Waals surface area contributed by atoms with Gasteiger partial charge in [-0.2, -0.15) is 4.98 Å². The van der Waals surface area contributed by atoms with Crippen LogP contribution in [0.4, 0.5) is 10.6 Å². The number of aromatic nitrogens is 1. The number of allylic oxidation sites excluding steroid dienone is 1. The molecule has 4 fully saturated rings. The number of fused-ring (bicyclic) bond motifs is 3. The van der Waals surface area contributed by atoms with E-state index in [1.165, 1.54) is 9.80 Å². The van der Waals surface area contributed by atoms with Gasteiger partial charge < -0.3 is 34.4 Å². The Hall–Kier alpha value is -4.64. The quantitative estimate of drug-likeness (QED) is 0.316. The Morgan fingerprint density at radius 3 is 2.47 bits per heavy atom. The predicted molar refractivity (Wildman–Crippen MR) is 224 cm³/mol. The summed E-state index contributed by atoms with van der Waals surface area (Å²) in [5, 5.41) is 15.1. The summed E-state index contributed by atoms with van der Waals surface area (Å²) >= 11 is 0. The maximum Gasteiger partial charge on any atom is 0.408 e. The first-order valence-electron chi connectivity index (χ1n) is 21.1. The van der Waals surface area contributed by atoms with E-state index in [1.807, 2.05) is 37.3 Å². The number of pyridine rings is 1. The number of anilines is 1. The number of ether oxygens (including phenoxy) is 3. The lowest BCUT2D eigenvalue weighted by Crippen LogP contribution is -2.62. The van der Waals surface area contributed by atoms with E-state index in [4.69, 9.17) is 19.2 Å². The molecule has 7 atom stereocenters. The van der Waals surface area contributed by atoms with Gasteiger partial charge in [0.15, 0.2) is 0 Å². The van der Waals surface area contributed by atoms with Gasteiger partial charge in [0.05, 0.1) is 31.6 Å². The molecule has 60 heavy (non-hydrogen) atoms. The Morgan fingerprint density at radius 1 is 1.10 bits per heavy atom. The molecule has 3 aliphatic heterocycles. The zero-order valence-electron chi connectivity index (χ0n) is 35.7. The Labute approximate surface area is 352 Å². The van der Waals surface area contributed by atoms with Crippen molar-refractivity contribution < 1.29 is 46.9 Å². The molecule has 3 N–H and O–H groups in total. The van der Waals surface area contributed by atoms with Crippen LogP contribution in [0.2, 0.25) is 0 Å². The lowest BCUT2D eigenvalue weighted by molar-refractivity contribution is -0.146. The normalized spacial score (nSPS) is 30.2. The molecule has 2 saturated carbocycles. The van der Waals surface area contributed by atoms with Crippen LogP contribution in [-0.4, -0.2) is 126 Å². The summed E-state index contributed by atoms with van der Waals surface area (Å²) in [5.74, 6) is -1.25. The highest BCUT2D eigenvalue weighted by atomic mass is 32.2. The van der Waals surface area contributed by atoms with Gasteiger partial charge in [-0.25, -0.2) is 13.2 Å². The minimum Gasteiger partial charge on any atom is -0.497 e. The maximum absolute atomic E-state index is 15.2. The molecular weight excluding hydrogens is 793 g/mol. The average molecular weight is 853 g/mol. The molecule has 328 valence electrons. The summed E-state index contributed by atoms with van der Waals surface area (Å²) in [7, 11) is -2.44. The van der Waals surface area contributed by atoms with Crippen LogP contribution in [0, 0.1) is 17.8 Å². The second-order valence-corrected chi connectivity index (χ2v) is 20.9. The third kappa shape index (κ3) is 8.61. The summed E-state index contributed by atoms with van der Waals surface area (Å²) < 4.78 is 45.7. The van der Waals surface area contributed by atoms with E-state index in [-0.39, 0.29) is 25.3 Å². The number of sulfonamides is 1. The number of methoxy groups -OCH3 is 1. The van der Waals surface area contributed by atoms with Crippen LogP contribution in [0.1, 0.15) is 86.5 Å². The Morgan fingerprint density at radius 2 is 1.82 bits per heavy atom. The van der Waals surface area contributed by atoms with Gasteiger partial charge in [-0.1, -0.05) is 26.0 Å². The number of carboxylic acid groups (broad SMARTS) is 1. The fourth-order valence-corrected chi connectivity index (χ4v) is 10.4. The molecule has 16 nitrogen and oxygen atoms in total. The third-order valence-electron chi connectivity index (χ3n) is 13.0. The van der Waals surface area contributed by atoms with Gasteiger partial charge in [0.2, 0.25) is 27.7 Å². The summed E-state index contributed by atoms with van der Waals surface area (Å²) in [6.07, 6.45) is 4.70. The fourth-order valence-electron chi connectivity index (χ4n) is 9.08. The van der Waals surface area contributed by atoms with Crippen molar-refractivity contribution >= 4 is 50.4 Å². The van der Waals surface area contributed by atoms with Crippen molar-refractivity contribution in [3.63, 3.8) is 0 Å². The molecule has 1 aromatic carbocycles. The van der Waals surface area contributed by atoms with Crippen molar-refractivity contribution in [3.8, 4) is 11.6 Å². The first kappa shape index (κ1) is 43.4. The zero-order valence-corrected chi connectivity index (χ0v) is 36.5. The van der Waals surface area contributed by atoms with Gasteiger partial charge in [-0.15, -0.1) is 0 Å². The number of hydrogen-bond acceptors (Lipinski definition) is 11. The Bertz CT molecular complexity index is 2150. The van der Waals surface area contributed by atoms with Gasteiger partial charge in [-0.3, -0.25) is 24.0 Å². The van der Waals surface area contributed by atoms with Gasteiger partial charge in [0, 0.05) is 36.4 Å². The van der Waals surface area contributed by atoms with Gasteiger partial charge >= 0.3 is 6.09 Å². The number of benzene rings is 1. The standard InChI is InChI=1S/C43H60N6O10S/c1-26-10-8-9-11-29-24-43(29,39(52)46-60(55,56)42(6)14-15-42)45-36(50)33-23-31(25-48(33)38(51)35(27(2)20-26)49(40(53)54)41(3,4)5)59-37-32-13-12-30(57-7)21-28(32)22-34(44-37)47-16-18-58-19-17-47/h9,11-13,21-22,26-27,29,31,33,35H,8,10,14-20,23-25H2,1-7H3,(H,45,50)(H,46,52)(H,53,54)/b11-9-/t26-,27-,29-,31-,33+,35+,43-/m1/s1. The van der Waals surface area contributed by atoms with Crippen LogP contribution in [0.3, 0.4) is 0 Å². The Balaban J connectivity index is 1.28. The molecule has 4 amide bonds. The van der Waals surface area contributed by atoms with Crippen LogP contribution >= 0.6 is 0 Å². The second kappa shape index (κ2) is 16.3. The maximum atomic E-state index is 15.2. The summed E-state index contributed by atoms with van der Waals surface area (Å²) in [6.45, 7) is 13.0. The first-order valence-corrected chi connectivity index (χ1v) is 22.6. The van der Waals surface area contributed by atoms with E-state index >= 15 is 4.79 Å². The second-order valence-electron chi connectivity index (χ2n) is 18.7. The van der Waals surface area contributed by atoms with E-state index < -0.39 is 79.7 Å². The molecule has 1 aromatic heterocycles. The van der Waals surface area contributed by atoms with Crippen molar-refractivity contribution in [2.24, 2.45) is 17.8 Å². The Kier molecular flexibility index (Phi) is 11.8. The highest BCUT2D eigenvalue weighted by Gasteiger charge is 2.63. The number of nitrogens with one attached hydrogen (secondary N) is 2. The van der Waals surface area contributed by atoms with Crippen LogP contribution < -0.4 is 24.4 Å². The van der Waals surface area contributed by atoms with Gasteiger partial charge in [0.1, 0.15) is 35.3 Å². The molecule has 2 saturated heterocycles. The molecule has 0 unspecified atom stereocenters. The monoisotopic (exact) mass is 852 g/mol. The van der Waals surface area contributed by atoms with Crippen molar-refractivity contribution in [3.05, 3.63) is 36.4 Å². The van der Waals surface area contributed by atoms with E-state index in [1.54, 1.807) is 40.9 Å². The van der Waals surface area contributed by atoms with Crippen molar-refractivity contribution in [2.45, 2.75) is 121 Å². The molecule has 17 heteroatoms. The van der Waals surface area contributed by atoms with Crippen molar-refractivity contribution in [1.82, 2.24) is 24.8 Å². The lowest BCUT2D eigenvalue weighted by Gasteiger charge is -2.43. The minimum atomic E-state index is -4.03. The molecule has 2 aromatic rings. The zero-order chi connectivity index (χ0) is 43.4. The lowest BCUT2D eigenvalue weighted by atomic mass is 9.85. The SMILES string of the molecule is COc1ccc2c(O[C@@H]3C[C@H]4C(=O)N[C@]5(C(=O)NS(=O)(=O)C6(C)CC6)C[C@H]5/C=C\CC[C@@H](C)C[C@@H](C)[C@H](N(C(=O)O)C(C)(C)C)C(=O)N4C3)nc(N3CCOCC3)cc2c1. The van der Waals surface area contributed by atoms with Gasteiger partial charge in [-0.05, 0) is 108 Å². The number of carbonyl (C=O) groups is 4. The topological polar surface area (TPSA) is 197 Å². The summed E-state index contributed by atoms with van der Waals surface area (Å²) in [6, 6.07) is 5.13. The number of amides is 4. The number of hydrogen-bond donors (Lipinski definition) is 3. The molecular formula is C43H60N6O10S. The summed E-state index contributed by atoms with van der Waals surface area (Å²) in [4.78, 5) is 66.8. The molecule has 7 rings (SSSR count). The van der Waals surface area contributed by atoms with Crippen LogP contribution in [0.25, 0.3) is 10.8 Å². The average Bonchev–Trinajstić information content (AvgIpc) is 4.07. The smallest absolute Gasteiger partial charge is 0.408 e. The number of carbonyl (C=O) groups excluding carboxylic acids is 3. The van der Waals surface area contributed by atoms with Crippen LogP contribution in [0.15, 0.2) is 36.4 Å². The van der Waals surface area contributed by atoms with E-state index in [0.717, 1.165) is 11.8 Å². The molecule has 0 radical (unpaired) electrons. The van der Waals surface area contributed by atoms with E-state index in [0.29, 0.717) is 74.8 Å². The fraction of sp³-hybridized carbons (Fsp3) is 0.651. The minimum absolute atomic E-state index is 0.00660. The number of rotatable bonds is 8. The molecule has 0 bridgehead atoms. The van der Waals surface area contributed by atoms with Crippen molar-refractivity contribution in [1.29, 1.82) is 0 Å². The summed E-state index contributed by atoms with van der Waals surface area (Å²) in [5.41, 5.74) is -2.56. The van der Waals surface area contributed by atoms with Gasteiger partial charge in [0.25, 0.3) is 5.91 Å². The van der Waals surface area contributed by atoms with E-state index in [2.05, 4.69) is 21.9 Å². The highest BCUT2D eigenvalue weighted by Crippen LogP contribution is 2.48. The molecule has 0 spiro atoms. The van der Waals surface area contributed by atoms with E-state index in [9.17, 15) is 27.9 Å². The molecule has 4 heterocycles. The largest absolute Gasteiger partial charge is 0.497 e. The number of morpholine rings is 1. The predicted octanol–water partition coefficient (Wildman–Crippen LogP) is 4.46. The van der Waals surface area contributed by atoms with Crippen molar-refractivity contribution in [2.75, 3.05) is 44.9 Å². The first-order chi connectivity index (χ1) is 28.3. The van der Waals surface area contributed by atoms with Crippen LogP contribution in [0.5, 0.6) is 11.6 Å². The number of nitrogens with zero attached hydrogens (tertiary/aromatic N) is 4. The highest BCUT2D eigenvalue weighted by molar-refractivity contribution is 7.91.